The second-order valence-electron chi connectivity index (χ2n) is 6.96. The number of benzene rings is 1. The highest BCUT2D eigenvalue weighted by atomic mass is 35.5. The molecular weight excluding hydrogens is 396 g/mol. The fraction of sp³-hybridized carbons (Fsp3) is 0.350. The van der Waals surface area contributed by atoms with Gasteiger partial charge in [0, 0.05) is 11.1 Å². The van der Waals surface area contributed by atoms with Crippen molar-refractivity contribution in [3.63, 3.8) is 0 Å². The molecule has 1 amide bonds. The summed E-state index contributed by atoms with van der Waals surface area (Å²) in [5.41, 5.74) is 0.693. The molecular formula is C20H21ClN4O2S. The average Bonchev–Trinajstić information content (AvgIpc) is 3.32. The molecule has 0 radical (unpaired) electrons. The fourth-order valence-corrected chi connectivity index (χ4v) is 4.09. The van der Waals surface area contributed by atoms with Crippen LogP contribution in [0, 0.1) is 12.8 Å². The largest absolute Gasteiger partial charge is 0.486 e. The van der Waals surface area contributed by atoms with Crippen molar-refractivity contribution in [1.82, 2.24) is 14.8 Å². The minimum atomic E-state index is -0.169. The SMILES string of the molecule is Cc1nc(COc2ccc(Cl)cc2)sc1C(=O)Nc1ccnn1C(C)C1CC1. The number of aromatic nitrogens is 3. The maximum atomic E-state index is 12.8. The average molecular weight is 417 g/mol. The number of nitrogens with zero attached hydrogens (tertiary/aromatic N) is 3. The van der Waals surface area contributed by atoms with Gasteiger partial charge in [0.25, 0.3) is 5.91 Å². The molecule has 1 N–H and O–H groups in total. The van der Waals surface area contributed by atoms with Gasteiger partial charge in [0.15, 0.2) is 0 Å². The summed E-state index contributed by atoms with van der Waals surface area (Å²) in [4.78, 5) is 17.8. The molecule has 1 aromatic carbocycles. The summed E-state index contributed by atoms with van der Waals surface area (Å²) < 4.78 is 7.63. The first-order valence-electron chi connectivity index (χ1n) is 9.21. The van der Waals surface area contributed by atoms with Crippen molar-refractivity contribution in [2.75, 3.05) is 5.32 Å². The minimum Gasteiger partial charge on any atom is -0.486 e. The van der Waals surface area contributed by atoms with Gasteiger partial charge in [-0.15, -0.1) is 11.3 Å². The molecule has 1 aliphatic carbocycles. The summed E-state index contributed by atoms with van der Waals surface area (Å²) >= 11 is 7.22. The summed E-state index contributed by atoms with van der Waals surface area (Å²) in [6.07, 6.45) is 4.16. The van der Waals surface area contributed by atoms with Gasteiger partial charge < -0.3 is 10.1 Å². The maximum absolute atomic E-state index is 12.8. The number of thiazole rings is 1. The molecule has 6 nitrogen and oxygen atoms in total. The molecule has 2 aromatic heterocycles. The number of halogens is 1. The molecule has 4 rings (SSSR count). The highest BCUT2D eigenvalue weighted by molar-refractivity contribution is 7.13. The van der Waals surface area contributed by atoms with Gasteiger partial charge in [0.05, 0.1) is 17.9 Å². The Morgan fingerprint density at radius 2 is 2.11 bits per heavy atom. The monoisotopic (exact) mass is 416 g/mol. The van der Waals surface area contributed by atoms with Crippen LogP contribution in [-0.4, -0.2) is 20.7 Å². The van der Waals surface area contributed by atoms with Crippen molar-refractivity contribution < 1.29 is 9.53 Å². The van der Waals surface area contributed by atoms with Gasteiger partial charge in [-0.1, -0.05) is 11.6 Å². The number of hydrogen-bond donors (Lipinski definition) is 1. The number of hydrogen-bond acceptors (Lipinski definition) is 5. The lowest BCUT2D eigenvalue weighted by atomic mass is 10.2. The number of carbonyl (C=O) groups is 1. The van der Waals surface area contributed by atoms with Crippen LogP contribution < -0.4 is 10.1 Å². The van der Waals surface area contributed by atoms with Crippen LogP contribution in [-0.2, 0) is 6.61 Å². The zero-order valence-corrected chi connectivity index (χ0v) is 17.3. The normalized spacial score (nSPS) is 14.7. The van der Waals surface area contributed by atoms with Crippen LogP contribution in [0.5, 0.6) is 5.75 Å². The first-order valence-corrected chi connectivity index (χ1v) is 10.4. The van der Waals surface area contributed by atoms with E-state index in [1.54, 1.807) is 30.5 Å². The van der Waals surface area contributed by atoms with Gasteiger partial charge in [0.2, 0.25) is 0 Å². The predicted octanol–water partition coefficient (Wildman–Crippen LogP) is 5.10. The molecule has 1 fully saturated rings. The number of rotatable bonds is 7. The van der Waals surface area contributed by atoms with Crippen LogP contribution in [0.3, 0.4) is 0 Å². The Balaban J connectivity index is 1.42. The van der Waals surface area contributed by atoms with Crippen molar-refractivity contribution >= 4 is 34.7 Å². The molecule has 2 heterocycles. The summed E-state index contributed by atoms with van der Waals surface area (Å²) in [5.74, 6) is 1.91. The lowest BCUT2D eigenvalue weighted by molar-refractivity contribution is 0.102. The van der Waals surface area contributed by atoms with E-state index < -0.39 is 0 Å². The van der Waals surface area contributed by atoms with Crippen molar-refractivity contribution in [1.29, 1.82) is 0 Å². The molecule has 8 heteroatoms. The van der Waals surface area contributed by atoms with Crippen molar-refractivity contribution in [3.8, 4) is 5.75 Å². The van der Waals surface area contributed by atoms with E-state index in [1.807, 2.05) is 17.7 Å². The van der Waals surface area contributed by atoms with Crippen LogP contribution >= 0.6 is 22.9 Å². The molecule has 1 unspecified atom stereocenters. The quantitative estimate of drug-likeness (QED) is 0.581. The molecule has 0 spiro atoms. The van der Waals surface area contributed by atoms with E-state index >= 15 is 0 Å². The highest BCUT2D eigenvalue weighted by Crippen LogP contribution is 2.40. The third kappa shape index (κ3) is 4.20. The van der Waals surface area contributed by atoms with E-state index in [0.717, 1.165) is 10.8 Å². The summed E-state index contributed by atoms with van der Waals surface area (Å²) in [7, 11) is 0. The summed E-state index contributed by atoms with van der Waals surface area (Å²) in [6, 6.07) is 9.27. The molecule has 0 aliphatic heterocycles. The van der Waals surface area contributed by atoms with Crippen molar-refractivity contribution in [2.45, 2.75) is 39.3 Å². The van der Waals surface area contributed by atoms with Crippen molar-refractivity contribution in [3.05, 3.63) is 57.1 Å². The van der Waals surface area contributed by atoms with Gasteiger partial charge in [0.1, 0.15) is 28.1 Å². The van der Waals surface area contributed by atoms with E-state index in [2.05, 4.69) is 22.3 Å². The third-order valence-electron chi connectivity index (χ3n) is 4.82. The second kappa shape index (κ2) is 7.93. The number of carbonyl (C=O) groups excluding carboxylic acids is 1. The van der Waals surface area contributed by atoms with E-state index in [1.165, 1.54) is 24.2 Å². The molecule has 1 saturated carbocycles. The molecule has 1 atom stereocenters. The van der Waals surface area contributed by atoms with E-state index in [9.17, 15) is 4.79 Å². The Labute approximate surface area is 172 Å². The maximum Gasteiger partial charge on any atom is 0.268 e. The Morgan fingerprint density at radius 1 is 1.36 bits per heavy atom. The molecule has 1 aliphatic rings. The minimum absolute atomic E-state index is 0.169. The zero-order valence-electron chi connectivity index (χ0n) is 15.7. The smallest absolute Gasteiger partial charge is 0.268 e. The van der Waals surface area contributed by atoms with Gasteiger partial charge >= 0.3 is 0 Å². The molecule has 0 bridgehead atoms. The van der Waals surface area contributed by atoms with Crippen LogP contribution in [0.4, 0.5) is 5.82 Å². The highest BCUT2D eigenvalue weighted by Gasteiger charge is 2.31. The van der Waals surface area contributed by atoms with E-state index in [4.69, 9.17) is 16.3 Å². The number of amides is 1. The van der Waals surface area contributed by atoms with Gasteiger partial charge in [-0.2, -0.15) is 5.10 Å². The van der Waals surface area contributed by atoms with Crippen LogP contribution in [0.1, 0.15) is 46.2 Å². The van der Waals surface area contributed by atoms with Crippen molar-refractivity contribution in [2.24, 2.45) is 5.92 Å². The lowest BCUT2D eigenvalue weighted by Crippen LogP contribution is -2.18. The van der Waals surface area contributed by atoms with Gasteiger partial charge in [-0.25, -0.2) is 9.67 Å². The Hall–Kier alpha value is -2.38. The summed E-state index contributed by atoms with van der Waals surface area (Å²) in [5, 5.41) is 8.77. The first-order chi connectivity index (χ1) is 13.5. The number of aryl methyl sites for hydroxylation is 1. The van der Waals surface area contributed by atoms with Gasteiger partial charge in [-0.05, 0) is 56.9 Å². The van der Waals surface area contributed by atoms with Crippen LogP contribution in [0.2, 0.25) is 5.02 Å². The van der Waals surface area contributed by atoms with Crippen LogP contribution in [0.25, 0.3) is 0 Å². The Bertz CT molecular complexity index is 979. The Morgan fingerprint density at radius 3 is 2.82 bits per heavy atom. The standard InChI is InChI=1S/C20H21ClN4O2S/c1-12-19(28-18(23-12)11-27-16-7-5-15(21)6-8-16)20(26)24-17-9-10-22-25(17)13(2)14-3-4-14/h5-10,13-14H,3-4,11H2,1-2H3,(H,24,26). The third-order valence-corrected chi connectivity index (χ3v) is 6.21. The van der Waals surface area contributed by atoms with Gasteiger partial charge in [-0.3, -0.25) is 4.79 Å². The number of anilines is 1. The topological polar surface area (TPSA) is 69.0 Å². The van der Waals surface area contributed by atoms with E-state index in [0.29, 0.717) is 33.9 Å². The van der Waals surface area contributed by atoms with Crippen LogP contribution in [0.15, 0.2) is 36.5 Å². The predicted molar refractivity (Wildman–Crippen MR) is 110 cm³/mol. The second-order valence-corrected chi connectivity index (χ2v) is 8.48. The molecule has 146 valence electrons. The summed E-state index contributed by atoms with van der Waals surface area (Å²) in [6.45, 7) is 4.28. The number of ether oxygens (including phenoxy) is 1. The fourth-order valence-electron chi connectivity index (χ4n) is 3.09. The lowest BCUT2D eigenvalue weighted by Gasteiger charge is -2.15. The molecule has 3 aromatic rings. The zero-order chi connectivity index (χ0) is 19.7. The van der Waals surface area contributed by atoms with E-state index in [-0.39, 0.29) is 11.9 Å². The number of nitrogens with one attached hydrogen (secondary N) is 1. The molecule has 28 heavy (non-hydrogen) atoms. The molecule has 0 saturated heterocycles. The first kappa shape index (κ1) is 19.0. The Kier molecular flexibility index (Phi) is 5.37.